The summed E-state index contributed by atoms with van der Waals surface area (Å²) < 4.78 is 9.34. The van der Waals surface area contributed by atoms with E-state index in [0.717, 1.165) is 52.0 Å². The van der Waals surface area contributed by atoms with Crippen LogP contribution in [0, 0.1) is 5.92 Å². The highest BCUT2D eigenvalue weighted by molar-refractivity contribution is 9.13. The van der Waals surface area contributed by atoms with Gasteiger partial charge in [-0.25, -0.2) is 0 Å². The minimum atomic E-state index is 0.0121. The lowest BCUT2D eigenvalue weighted by Crippen LogP contribution is -2.37. The maximum Gasteiger partial charge on any atom is 0.251 e. The zero-order valence-electron chi connectivity index (χ0n) is 17.7. The molecular formula is C24H27Br2N3O2. The number of aryl methyl sites for hydroxylation is 1. The van der Waals surface area contributed by atoms with Crippen LogP contribution in [0.3, 0.4) is 0 Å². The molecule has 164 valence electrons. The summed E-state index contributed by atoms with van der Waals surface area (Å²) in [4.78, 5) is 19.4. The van der Waals surface area contributed by atoms with Crippen LogP contribution >= 0.6 is 31.9 Å². The van der Waals surface area contributed by atoms with E-state index in [9.17, 15) is 4.79 Å². The van der Waals surface area contributed by atoms with Crippen molar-refractivity contribution in [2.24, 2.45) is 5.92 Å². The molecule has 1 aliphatic heterocycles. The highest BCUT2D eigenvalue weighted by atomic mass is 79.9. The van der Waals surface area contributed by atoms with E-state index in [1.807, 2.05) is 10.6 Å². The van der Waals surface area contributed by atoms with Crippen molar-refractivity contribution in [3.63, 3.8) is 0 Å². The van der Waals surface area contributed by atoms with Gasteiger partial charge < -0.3 is 14.2 Å². The molecule has 5 nitrogen and oxygen atoms in total. The lowest BCUT2D eigenvalue weighted by molar-refractivity contribution is 0.174. The van der Waals surface area contributed by atoms with Crippen molar-refractivity contribution in [2.45, 2.75) is 32.2 Å². The van der Waals surface area contributed by atoms with E-state index in [0.29, 0.717) is 12.3 Å². The molecule has 7 heteroatoms. The van der Waals surface area contributed by atoms with Crippen LogP contribution in [0.1, 0.15) is 24.8 Å². The van der Waals surface area contributed by atoms with Crippen LogP contribution in [0.15, 0.2) is 56.3 Å². The Hall–Kier alpha value is -1.70. The van der Waals surface area contributed by atoms with Crippen LogP contribution in [0.25, 0.3) is 11.0 Å². The topological polar surface area (TPSA) is 47.4 Å². The quantitative estimate of drug-likeness (QED) is 0.403. The van der Waals surface area contributed by atoms with Gasteiger partial charge in [0, 0.05) is 34.2 Å². The summed E-state index contributed by atoms with van der Waals surface area (Å²) in [5.41, 5.74) is 3.05. The number of ether oxygens (including phenoxy) is 1. The third-order valence-electron chi connectivity index (χ3n) is 6.22. The molecule has 31 heavy (non-hydrogen) atoms. The monoisotopic (exact) mass is 547 g/mol. The highest BCUT2D eigenvalue weighted by Gasteiger charge is 2.19. The normalized spacial score (nSPS) is 15.5. The van der Waals surface area contributed by atoms with Gasteiger partial charge in [-0.1, -0.05) is 6.07 Å². The Labute approximate surface area is 199 Å². The Morgan fingerprint density at radius 1 is 1.06 bits per heavy atom. The molecule has 0 bridgehead atoms. The first-order valence-corrected chi connectivity index (χ1v) is 12.3. The number of pyridine rings is 2. The number of nitrogens with zero attached hydrogens (tertiary/aromatic N) is 3. The van der Waals surface area contributed by atoms with Gasteiger partial charge in [0.25, 0.3) is 5.56 Å². The molecule has 0 saturated carbocycles. The first kappa shape index (κ1) is 22.5. The average molecular weight is 549 g/mol. The van der Waals surface area contributed by atoms with Crippen molar-refractivity contribution < 1.29 is 4.74 Å². The fourth-order valence-corrected chi connectivity index (χ4v) is 4.97. The predicted molar refractivity (Wildman–Crippen MR) is 132 cm³/mol. The molecule has 1 aromatic carbocycles. The van der Waals surface area contributed by atoms with Gasteiger partial charge in [-0.2, -0.15) is 0 Å². The smallest absolute Gasteiger partial charge is 0.251 e. The number of rotatable bonds is 7. The molecule has 0 radical (unpaired) electrons. The van der Waals surface area contributed by atoms with E-state index in [1.165, 1.54) is 24.8 Å². The standard InChI is InChI=1S/C24H27Br2N3O2/c1-31-19-15-23-22(27-16-19)6-7-24(30)29(23)13-12-28-10-8-17(9-11-28)2-3-18-4-5-20(25)21(26)14-18/h4-7,14-17H,2-3,8-13H2,1H3. The van der Waals surface area contributed by atoms with Crippen molar-refractivity contribution in [1.82, 2.24) is 14.5 Å². The summed E-state index contributed by atoms with van der Waals surface area (Å²) in [7, 11) is 1.62. The van der Waals surface area contributed by atoms with Gasteiger partial charge in [0.05, 0.1) is 24.3 Å². The van der Waals surface area contributed by atoms with Gasteiger partial charge in [-0.05, 0) is 100 Å². The van der Waals surface area contributed by atoms with E-state index in [4.69, 9.17) is 4.74 Å². The molecule has 1 aliphatic rings. The summed E-state index contributed by atoms with van der Waals surface area (Å²) in [6.45, 7) is 3.73. The van der Waals surface area contributed by atoms with Gasteiger partial charge in [-0.3, -0.25) is 9.78 Å². The van der Waals surface area contributed by atoms with Crippen molar-refractivity contribution >= 4 is 42.9 Å². The van der Waals surface area contributed by atoms with E-state index < -0.39 is 0 Å². The molecule has 1 fully saturated rings. The molecule has 0 unspecified atom stereocenters. The highest BCUT2D eigenvalue weighted by Crippen LogP contribution is 2.27. The fraction of sp³-hybridized carbons (Fsp3) is 0.417. The number of likely N-dealkylation sites (tertiary alicyclic amines) is 1. The van der Waals surface area contributed by atoms with E-state index in [1.54, 1.807) is 25.4 Å². The number of hydrogen-bond acceptors (Lipinski definition) is 4. The number of aromatic nitrogens is 2. The largest absolute Gasteiger partial charge is 0.495 e. The van der Waals surface area contributed by atoms with Crippen LogP contribution in [-0.4, -0.2) is 41.2 Å². The predicted octanol–water partition coefficient (Wildman–Crippen LogP) is 5.27. The van der Waals surface area contributed by atoms with Gasteiger partial charge in [0.2, 0.25) is 0 Å². The average Bonchev–Trinajstić information content (AvgIpc) is 2.79. The number of fused-ring (bicyclic) bond motifs is 1. The van der Waals surface area contributed by atoms with E-state index >= 15 is 0 Å². The molecule has 0 spiro atoms. The third kappa shape index (κ3) is 5.57. The lowest BCUT2D eigenvalue weighted by Gasteiger charge is -2.32. The summed E-state index contributed by atoms with van der Waals surface area (Å²) in [5.74, 6) is 1.44. The van der Waals surface area contributed by atoms with Crippen LogP contribution in [-0.2, 0) is 13.0 Å². The Morgan fingerprint density at radius 2 is 1.87 bits per heavy atom. The van der Waals surface area contributed by atoms with Gasteiger partial charge in [-0.15, -0.1) is 0 Å². The van der Waals surface area contributed by atoms with Crippen LogP contribution in [0.4, 0.5) is 0 Å². The van der Waals surface area contributed by atoms with E-state index in [-0.39, 0.29) is 5.56 Å². The molecule has 2 aromatic heterocycles. The second-order valence-corrected chi connectivity index (χ2v) is 9.88. The molecule has 3 aromatic rings. The van der Waals surface area contributed by atoms with Gasteiger partial charge in [0.15, 0.2) is 0 Å². The van der Waals surface area contributed by atoms with Crippen LogP contribution < -0.4 is 10.3 Å². The summed E-state index contributed by atoms with van der Waals surface area (Å²) in [6, 6.07) is 11.8. The van der Waals surface area contributed by atoms with Crippen molar-refractivity contribution in [2.75, 3.05) is 26.7 Å². The van der Waals surface area contributed by atoms with E-state index in [2.05, 4.69) is 59.9 Å². The molecule has 1 saturated heterocycles. The molecule has 0 amide bonds. The Kier molecular flexibility index (Phi) is 7.46. The van der Waals surface area contributed by atoms with Gasteiger partial charge in [0.1, 0.15) is 5.75 Å². The minimum absolute atomic E-state index is 0.0121. The number of benzene rings is 1. The SMILES string of the molecule is COc1cnc2ccc(=O)n(CCN3CCC(CCc4ccc(Br)c(Br)c4)CC3)c2c1. The van der Waals surface area contributed by atoms with Gasteiger partial charge >= 0.3 is 0 Å². The number of hydrogen-bond donors (Lipinski definition) is 0. The fourth-order valence-electron chi connectivity index (χ4n) is 4.30. The summed E-state index contributed by atoms with van der Waals surface area (Å²) in [6.07, 6.45) is 6.48. The summed E-state index contributed by atoms with van der Waals surface area (Å²) >= 11 is 7.13. The number of halogens is 2. The maximum atomic E-state index is 12.5. The second kappa shape index (κ2) is 10.3. The molecular weight excluding hydrogens is 522 g/mol. The van der Waals surface area contributed by atoms with Crippen molar-refractivity contribution in [1.29, 1.82) is 0 Å². The Bertz CT molecular complexity index is 1110. The zero-order valence-corrected chi connectivity index (χ0v) is 20.9. The first-order chi connectivity index (χ1) is 15.0. The number of methoxy groups -OCH3 is 1. The van der Waals surface area contributed by atoms with Crippen molar-refractivity contribution in [3.05, 3.63) is 67.5 Å². The summed E-state index contributed by atoms with van der Waals surface area (Å²) in [5, 5.41) is 0. The number of piperidine rings is 1. The van der Waals surface area contributed by atoms with Crippen molar-refractivity contribution in [3.8, 4) is 5.75 Å². The third-order valence-corrected chi connectivity index (χ3v) is 8.10. The minimum Gasteiger partial charge on any atom is -0.495 e. The lowest BCUT2D eigenvalue weighted by atomic mass is 9.90. The zero-order chi connectivity index (χ0) is 21.8. The molecule has 0 N–H and O–H groups in total. The molecule has 0 atom stereocenters. The molecule has 0 aliphatic carbocycles. The second-order valence-electron chi connectivity index (χ2n) is 8.17. The van der Waals surface area contributed by atoms with Crippen LogP contribution in [0.2, 0.25) is 0 Å². The first-order valence-electron chi connectivity index (χ1n) is 10.7. The molecule has 3 heterocycles. The Balaban J connectivity index is 1.31. The molecule has 4 rings (SSSR count). The Morgan fingerprint density at radius 3 is 2.61 bits per heavy atom. The van der Waals surface area contributed by atoms with Crippen LogP contribution in [0.5, 0.6) is 5.75 Å². The maximum absolute atomic E-state index is 12.5.